The van der Waals surface area contributed by atoms with Gasteiger partial charge in [-0.15, -0.1) is 0 Å². The molecule has 202 valence electrons. The summed E-state index contributed by atoms with van der Waals surface area (Å²) in [6.45, 7) is 4.18. The number of benzene rings is 3. The maximum atomic E-state index is 13.9. The molecule has 1 aliphatic heterocycles. The summed E-state index contributed by atoms with van der Waals surface area (Å²) in [7, 11) is 4.61. The lowest BCUT2D eigenvalue weighted by atomic mass is 9.90. The van der Waals surface area contributed by atoms with E-state index in [1.165, 1.54) is 7.11 Å². The van der Waals surface area contributed by atoms with Gasteiger partial charge in [-0.1, -0.05) is 42.5 Å². The largest absolute Gasteiger partial charge is 0.493 e. The van der Waals surface area contributed by atoms with Crippen LogP contribution in [0.1, 0.15) is 47.9 Å². The van der Waals surface area contributed by atoms with Gasteiger partial charge in [0.2, 0.25) is 0 Å². The number of carbonyl (C=O) groups excluding carboxylic acids is 2. The maximum Gasteiger partial charge on any atom is 0.340 e. The first-order valence-electron chi connectivity index (χ1n) is 13.2. The average molecular weight is 528 g/mol. The lowest BCUT2D eigenvalue weighted by Crippen LogP contribution is -2.20. The number of nitrogens with zero attached hydrogens (tertiary/aromatic N) is 1. The van der Waals surface area contributed by atoms with Gasteiger partial charge in [-0.2, -0.15) is 0 Å². The third kappa shape index (κ3) is 4.52. The molecule has 0 N–H and O–H groups in total. The Morgan fingerprint density at radius 1 is 0.949 bits per heavy atom. The maximum absolute atomic E-state index is 13.9. The van der Waals surface area contributed by atoms with Gasteiger partial charge in [0.15, 0.2) is 11.5 Å². The molecule has 0 fully saturated rings. The van der Waals surface area contributed by atoms with Crippen LogP contribution in [0.15, 0.2) is 54.6 Å². The molecule has 0 radical (unpaired) electrons. The fourth-order valence-electron chi connectivity index (χ4n) is 5.81. The van der Waals surface area contributed by atoms with Crippen LogP contribution in [0.4, 0.5) is 0 Å². The monoisotopic (exact) mass is 527 g/mol. The summed E-state index contributed by atoms with van der Waals surface area (Å²) in [4.78, 5) is 26.2. The third-order valence-corrected chi connectivity index (χ3v) is 7.46. The minimum absolute atomic E-state index is 0.00940. The van der Waals surface area contributed by atoms with Crippen LogP contribution in [-0.2, 0) is 27.1 Å². The zero-order valence-electron chi connectivity index (χ0n) is 23.0. The molecule has 5 rings (SSSR count). The predicted octanol–water partition coefficient (Wildman–Crippen LogP) is 6.39. The summed E-state index contributed by atoms with van der Waals surface area (Å²) < 4.78 is 24.1. The summed E-state index contributed by atoms with van der Waals surface area (Å²) in [6.07, 6.45) is 1.32. The lowest BCUT2D eigenvalue weighted by molar-refractivity contribution is -0.140. The van der Waals surface area contributed by atoms with Crippen LogP contribution >= 0.6 is 0 Å². The highest BCUT2D eigenvalue weighted by Crippen LogP contribution is 2.49. The molecule has 1 aromatic heterocycles. The van der Waals surface area contributed by atoms with Gasteiger partial charge in [0.1, 0.15) is 0 Å². The SMILES string of the molecule is CCOC(=O)c1c(-c2cccc3ccccc23)c(CCC(=O)OC)n2c1-c1cc(OC)c(OC)cc1CC2C. The van der Waals surface area contributed by atoms with Gasteiger partial charge in [0.05, 0.1) is 45.6 Å². The molecule has 0 saturated carbocycles. The van der Waals surface area contributed by atoms with Gasteiger partial charge >= 0.3 is 11.9 Å². The smallest absolute Gasteiger partial charge is 0.340 e. The van der Waals surface area contributed by atoms with E-state index in [-0.39, 0.29) is 25.0 Å². The summed E-state index contributed by atoms with van der Waals surface area (Å²) in [6, 6.07) is 18.1. The number of rotatable bonds is 8. The minimum Gasteiger partial charge on any atom is -0.493 e. The number of carbonyl (C=O) groups is 2. The van der Waals surface area contributed by atoms with Gasteiger partial charge in [0, 0.05) is 22.9 Å². The highest BCUT2D eigenvalue weighted by atomic mass is 16.5. The molecule has 3 aromatic carbocycles. The molecule has 4 aromatic rings. The van der Waals surface area contributed by atoms with Crippen molar-refractivity contribution in [1.29, 1.82) is 0 Å². The van der Waals surface area contributed by atoms with Crippen LogP contribution in [0.25, 0.3) is 33.2 Å². The zero-order valence-corrected chi connectivity index (χ0v) is 23.0. The Balaban J connectivity index is 1.91. The Kier molecular flexibility index (Phi) is 7.33. The first-order valence-corrected chi connectivity index (χ1v) is 13.2. The average Bonchev–Trinajstić information content (AvgIpc) is 3.30. The number of aromatic nitrogens is 1. The van der Waals surface area contributed by atoms with Gasteiger partial charge in [-0.25, -0.2) is 4.79 Å². The van der Waals surface area contributed by atoms with Gasteiger partial charge in [-0.05, 0) is 60.7 Å². The molecule has 1 aliphatic rings. The standard InChI is InChI=1S/C32H33NO6/c1-6-39-32(35)30-29(23-13-9-11-20-10-7-8-12-22(20)23)25(14-15-28(34)38-5)33-19(2)16-21-17-26(36-3)27(37-4)18-24(21)31(30)33/h7-13,17-19H,6,14-16H2,1-5H3. The van der Waals surface area contributed by atoms with E-state index < -0.39 is 5.97 Å². The topological polar surface area (TPSA) is 76.0 Å². The molecule has 39 heavy (non-hydrogen) atoms. The van der Waals surface area contributed by atoms with Gasteiger partial charge < -0.3 is 23.5 Å². The summed E-state index contributed by atoms with van der Waals surface area (Å²) >= 11 is 0. The van der Waals surface area contributed by atoms with Crippen molar-refractivity contribution in [3.63, 3.8) is 0 Å². The first kappa shape index (κ1) is 26.4. The molecular formula is C32H33NO6. The molecule has 1 atom stereocenters. The van der Waals surface area contributed by atoms with Crippen molar-refractivity contribution in [2.45, 2.75) is 39.2 Å². The lowest BCUT2D eigenvalue weighted by Gasteiger charge is -2.29. The van der Waals surface area contributed by atoms with Crippen molar-refractivity contribution in [2.24, 2.45) is 0 Å². The van der Waals surface area contributed by atoms with Crippen LogP contribution in [0.3, 0.4) is 0 Å². The van der Waals surface area contributed by atoms with E-state index in [0.29, 0.717) is 23.5 Å². The molecule has 2 heterocycles. The van der Waals surface area contributed by atoms with E-state index in [2.05, 4.69) is 29.7 Å². The Morgan fingerprint density at radius 2 is 1.67 bits per heavy atom. The second-order valence-electron chi connectivity index (χ2n) is 9.66. The molecule has 0 saturated heterocycles. The molecular weight excluding hydrogens is 494 g/mol. The first-order chi connectivity index (χ1) is 18.9. The Hall–Kier alpha value is -4.26. The van der Waals surface area contributed by atoms with Crippen LogP contribution in [0.5, 0.6) is 11.5 Å². The van der Waals surface area contributed by atoms with E-state index in [1.54, 1.807) is 21.1 Å². The highest BCUT2D eigenvalue weighted by molar-refractivity contribution is 6.10. The molecule has 1 unspecified atom stereocenters. The molecule has 7 nitrogen and oxygen atoms in total. The van der Waals surface area contributed by atoms with Crippen LogP contribution in [0.2, 0.25) is 0 Å². The van der Waals surface area contributed by atoms with Crippen LogP contribution in [0, 0.1) is 0 Å². The normalized spacial score (nSPS) is 13.9. The number of ether oxygens (including phenoxy) is 4. The van der Waals surface area contributed by atoms with Crippen molar-refractivity contribution in [3.8, 4) is 33.9 Å². The number of methoxy groups -OCH3 is 3. The van der Waals surface area contributed by atoms with Crippen molar-refractivity contribution >= 4 is 22.7 Å². The van der Waals surface area contributed by atoms with Crippen LogP contribution in [-0.4, -0.2) is 44.4 Å². The second kappa shape index (κ2) is 10.8. The summed E-state index contributed by atoms with van der Waals surface area (Å²) in [5.41, 5.74) is 5.83. The van der Waals surface area contributed by atoms with Crippen LogP contribution < -0.4 is 9.47 Å². The second-order valence-corrected chi connectivity index (χ2v) is 9.66. The van der Waals surface area contributed by atoms with E-state index in [4.69, 9.17) is 18.9 Å². The fraction of sp³-hybridized carbons (Fsp3) is 0.312. The number of hydrogen-bond acceptors (Lipinski definition) is 6. The Labute approximate surface area is 228 Å². The van der Waals surface area contributed by atoms with E-state index in [1.807, 2.05) is 36.4 Å². The molecule has 0 amide bonds. The molecule has 0 aliphatic carbocycles. The van der Waals surface area contributed by atoms with E-state index >= 15 is 0 Å². The Bertz CT molecular complexity index is 1560. The fourth-order valence-corrected chi connectivity index (χ4v) is 5.81. The quantitative estimate of drug-likeness (QED) is 0.247. The molecule has 0 bridgehead atoms. The van der Waals surface area contributed by atoms with Crippen molar-refractivity contribution in [2.75, 3.05) is 27.9 Å². The van der Waals surface area contributed by atoms with Gasteiger partial charge in [0.25, 0.3) is 0 Å². The minimum atomic E-state index is -0.400. The zero-order chi connectivity index (χ0) is 27.7. The third-order valence-electron chi connectivity index (χ3n) is 7.46. The van der Waals surface area contributed by atoms with Crippen molar-refractivity contribution < 1.29 is 28.5 Å². The van der Waals surface area contributed by atoms with Crippen molar-refractivity contribution in [1.82, 2.24) is 4.57 Å². The van der Waals surface area contributed by atoms with E-state index in [0.717, 1.165) is 50.8 Å². The molecule has 7 heteroatoms. The summed E-state index contributed by atoms with van der Waals surface area (Å²) in [5, 5.41) is 2.08. The number of fused-ring (bicyclic) bond motifs is 4. The predicted molar refractivity (Wildman–Crippen MR) is 151 cm³/mol. The molecule has 0 spiro atoms. The Morgan fingerprint density at radius 3 is 2.38 bits per heavy atom. The van der Waals surface area contributed by atoms with Crippen molar-refractivity contribution in [3.05, 3.63) is 71.4 Å². The highest BCUT2D eigenvalue weighted by Gasteiger charge is 2.36. The number of esters is 2. The van der Waals surface area contributed by atoms with E-state index in [9.17, 15) is 9.59 Å². The summed E-state index contributed by atoms with van der Waals surface area (Å²) in [5.74, 6) is 0.517. The number of hydrogen-bond donors (Lipinski definition) is 0. The van der Waals surface area contributed by atoms with Gasteiger partial charge in [-0.3, -0.25) is 4.79 Å².